The Bertz CT molecular complexity index is 244. The molecule has 0 aromatic heterocycles. The van der Waals surface area contributed by atoms with Gasteiger partial charge in [0.05, 0.1) is 0 Å². The van der Waals surface area contributed by atoms with Gasteiger partial charge in [-0.2, -0.15) is 0 Å². The highest BCUT2D eigenvalue weighted by Gasteiger charge is 2.32. The smallest absolute Gasteiger partial charge is 0.205 e. The standard InChI is InChI=1S/C17H41N3OSi/c1-8-21-22(9-2,10-3)17-20(15-11-13-18(4)5)16-12-14-19(6)7/h8-17H2,1-7H3. The van der Waals surface area contributed by atoms with Gasteiger partial charge in [-0.05, 0) is 86.2 Å². The Morgan fingerprint density at radius 3 is 1.50 bits per heavy atom. The molecule has 0 aliphatic carbocycles. The van der Waals surface area contributed by atoms with E-state index in [1.165, 1.54) is 57.3 Å². The number of hydrogen-bond donors (Lipinski definition) is 0. The van der Waals surface area contributed by atoms with Crippen LogP contribution in [0.15, 0.2) is 0 Å². The summed E-state index contributed by atoms with van der Waals surface area (Å²) in [6, 6.07) is 2.46. The molecule has 0 saturated carbocycles. The van der Waals surface area contributed by atoms with Crippen LogP contribution in [0.3, 0.4) is 0 Å². The fraction of sp³-hybridized carbons (Fsp3) is 1.00. The van der Waals surface area contributed by atoms with E-state index >= 15 is 0 Å². The molecule has 0 unspecified atom stereocenters. The second-order valence-electron chi connectivity index (χ2n) is 6.91. The lowest BCUT2D eigenvalue weighted by atomic mass is 10.3. The van der Waals surface area contributed by atoms with Crippen molar-refractivity contribution in [2.75, 3.05) is 67.1 Å². The highest BCUT2D eigenvalue weighted by atomic mass is 28.4. The molecule has 0 radical (unpaired) electrons. The van der Waals surface area contributed by atoms with Crippen molar-refractivity contribution in [2.24, 2.45) is 0 Å². The lowest BCUT2D eigenvalue weighted by Gasteiger charge is -2.35. The molecule has 0 aliphatic rings. The van der Waals surface area contributed by atoms with Gasteiger partial charge in [0.15, 0.2) is 0 Å². The van der Waals surface area contributed by atoms with Crippen LogP contribution in [-0.2, 0) is 4.43 Å². The molecule has 0 atom stereocenters. The van der Waals surface area contributed by atoms with Crippen molar-refractivity contribution >= 4 is 8.32 Å². The van der Waals surface area contributed by atoms with E-state index in [1.807, 2.05) is 0 Å². The second kappa shape index (κ2) is 12.5. The second-order valence-corrected chi connectivity index (χ2v) is 11.3. The molecule has 0 aromatic carbocycles. The average molecular weight is 332 g/mol. The highest BCUT2D eigenvalue weighted by molar-refractivity contribution is 6.73. The largest absolute Gasteiger partial charge is 0.416 e. The molecule has 4 nitrogen and oxygen atoms in total. The predicted octanol–water partition coefficient (Wildman–Crippen LogP) is 2.75. The van der Waals surface area contributed by atoms with E-state index in [2.05, 4.69) is 63.7 Å². The zero-order valence-electron chi connectivity index (χ0n) is 16.3. The van der Waals surface area contributed by atoms with Crippen molar-refractivity contribution in [3.8, 4) is 0 Å². The van der Waals surface area contributed by atoms with Crippen LogP contribution in [0.5, 0.6) is 0 Å². The van der Waals surface area contributed by atoms with E-state index in [0.717, 1.165) is 6.61 Å². The maximum atomic E-state index is 6.29. The van der Waals surface area contributed by atoms with Crippen molar-refractivity contribution in [1.29, 1.82) is 0 Å². The van der Waals surface area contributed by atoms with Crippen molar-refractivity contribution < 1.29 is 4.43 Å². The summed E-state index contributed by atoms with van der Waals surface area (Å²) in [5, 5.41) is 0. The van der Waals surface area contributed by atoms with Crippen LogP contribution in [0.4, 0.5) is 0 Å². The van der Waals surface area contributed by atoms with Crippen LogP contribution >= 0.6 is 0 Å². The maximum absolute atomic E-state index is 6.29. The SMILES string of the molecule is CCO[Si](CC)(CC)CN(CCCN(C)C)CCCN(C)C. The van der Waals surface area contributed by atoms with Gasteiger partial charge in [0.2, 0.25) is 8.32 Å². The summed E-state index contributed by atoms with van der Waals surface area (Å²) in [7, 11) is 7.08. The molecule has 0 N–H and O–H groups in total. The minimum Gasteiger partial charge on any atom is -0.416 e. The first kappa shape index (κ1) is 22.1. The van der Waals surface area contributed by atoms with Gasteiger partial charge < -0.3 is 19.1 Å². The molecule has 0 rings (SSSR count). The van der Waals surface area contributed by atoms with Crippen LogP contribution in [0, 0.1) is 0 Å². The molecule has 5 heteroatoms. The average Bonchev–Trinajstić information content (AvgIpc) is 2.45. The Morgan fingerprint density at radius 2 is 1.18 bits per heavy atom. The lowest BCUT2D eigenvalue weighted by molar-refractivity contribution is 0.240. The zero-order valence-corrected chi connectivity index (χ0v) is 17.3. The van der Waals surface area contributed by atoms with Gasteiger partial charge in [0.1, 0.15) is 0 Å². The summed E-state index contributed by atoms with van der Waals surface area (Å²) in [4.78, 5) is 7.25. The summed E-state index contributed by atoms with van der Waals surface area (Å²) >= 11 is 0. The van der Waals surface area contributed by atoms with Gasteiger partial charge in [0, 0.05) is 12.8 Å². The van der Waals surface area contributed by atoms with E-state index in [4.69, 9.17) is 4.43 Å². The molecule has 0 amide bonds. The van der Waals surface area contributed by atoms with Crippen molar-refractivity contribution in [3.05, 3.63) is 0 Å². The Kier molecular flexibility index (Phi) is 12.5. The topological polar surface area (TPSA) is 19.0 Å². The normalized spacial score (nSPS) is 12.8. The molecule has 0 aromatic rings. The molecule has 0 saturated heterocycles. The van der Waals surface area contributed by atoms with Crippen LogP contribution < -0.4 is 0 Å². The predicted molar refractivity (Wildman–Crippen MR) is 101 cm³/mol. The highest BCUT2D eigenvalue weighted by Crippen LogP contribution is 2.19. The third kappa shape index (κ3) is 9.95. The Labute approximate surface area is 140 Å². The van der Waals surface area contributed by atoms with Gasteiger partial charge in [-0.15, -0.1) is 0 Å². The molecule has 0 aliphatic heterocycles. The van der Waals surface area contributed by atoms with Crippen molar-refractivity contribution in [3.63, 3.8) is 0 Å². The van der Waals surface area contributed by atoms with Crippen molar-refractivity contribution in [1.82, 2.24) is 14.7 Å². The number of nitrogens with zero attached hydrogens (tertiary/aromatic N) is 3. The first-order valence-corrected chi connectivity index (χ1v) is 11.6. The number of hydrogen-bond acceptors (Lipinski definition) is 4. The van der Waals surface area contributed by atoms with E-state index < -0.39 is 8.32 Å². The fourth-order valence-electron chi connectivity index (χ4n) is 2.93. The molecular formula is C17H41N3OSi. The molecule has 0 heterocycles. The number of rotatable bonds is 14. The summed E-state index contributed by atoms with van der Waals surface area (Å²) in [5.41, 5.74) is 0. The molecule has 0 fully saturated rings. The third-order valence-electron chi connectivity index (χ3n) is 4.41. The van der Waals surface area contributed by atoms with Crippen LogP contribution in [0.25, 0.3) is 0 Å². The Balaban J connectivity index is 4.57. The molecule has 134 valence electrons. The summed E-state index contributed by atoms with van der Waals surface area (Å²) in [6.45, 7) is 12.4. The van der Waals surface area contributed by atoms with E-state index in [1.54, 1.807) is 0 Å². The van der Waals surface area contributed by atoms with Crippen LogP contribution in [0.1, 0.15) is 33.6 Å². The molecule has 0 spiro atoms. The van der Waals surface area contributed by atoms with Crippen LogP contribution in [-0.4, -0.2) is 90.2 Å². The van der Waals surface area contributed by atoms with Gasteiger partial charge in [0.25, 0.3) is 0 Å². The Hall–Kier alpha value is 0.0569. The minimum atomic E-state index is -1.56. The van der Waals surface area contributed by atoms with Gasteiger partial charge >= 0.3 is 0 Å². The third-order valence-corrected chi connectivity index (χ3v) is 8.91. The summed E-state index contributed by atoms with van der Waals surface area (Å²) in [6.07, 6.45) is 3.70. The summed E-state index contributed by atoms with van der Waals surface area (Å²) < 4.78 is 6.29. The van der Waals surface area contributed by atoms with Gasteiger partial charge in [-0.3, -0.25) is 0 Å². The molecule has 22 heavy (non-hydrogen) atoms. The first-order valence-electron chi connectivity index (χ1n) is 9.04. The quantitative estimate of drug-likeness (QED) is 0.456. The minimum absolute atomic E-state index is 0.872. The maximum Gasteiger partial charge on any atom is 0.205 e. The van der Waals surface area contributed by atoms with Crippen LogP contribution in [0.2, 0.25) is 12.1 Å². The van der Waals surface area contributed by atoms with E-state index in [9.17, 15) is 0 Å². The fourth-order valence-corrected chi connectivity index (χ4v) is 6.12. The van der Waals surface area contributed by atoms with Crippen molar-refractivity contribution in [2.45, 2.75) is 45.7 Å². The monoisotopic (exact) mass is 331 g/mol. The van der Waals surface area contributed by atoms with E-state index in [-0.39, 0.29) is 0 Å². The van der Waals surface area contributed by atoms with E-state index in [0.29, 0.717) is 0 Å². The Morgan fingerprint density at radius 1 is 0.727 bits per heavy atom. The van der Waals surface area contributed by atoms with Gasteiger partial charge in [-0.1, -0.05) is 13.8 Å². The molecule has 0 bridgehead atoms. The lowest BCUT2D eigenvalue weighted by Crippen LogP contribution is -2.50. The molecular weight excluding hydrogens is 290 g/mol. The summed E-state index contributed by atoms with van der Waals surface area (Å²) in [5.74, 6) is 0. The van der Waals surface area contributed by atoms with Gasteiger partial charge in [-0.25, -0.2) is 0 Å². The first-order chi connectivity index (χ1) is 10.4. The zero-order chi connectivity index (χ0) is 17.0.